The number of nitrogens with zero attached hydrogens (tertiary/aromatic N) is 1. The van der Waals surface area contributed by atoms with Gasteiger partial charge in [0.25, 0.3) is 5.56 Å². The second kappa shape index (κ2) is 3.47. The maximum Gasteiger partial charge on any atom is 0.321 e. The molecule has 0 bridgehead atoms. The highest BCUT2D eigenvalue weighted by Crippen LogP contribution is 2.06. The van der Waals surface area contributed by atoms with Crippen molar-refractivity contribution < 1.29 is 13.6 Å². The lowest BCUT2D eigenvalue weighted by Crippen LogP contribution is -2.25. The van der Waals surface area contributed by atoms with Gasteiger partial charge < -0.3 is 0 Å². The normalized spacial score (nSPS) is 10.5. The Balaban J connectivity index is 3.36. The molecule has 1 heterocycles. The first kappa shape index (κ1) is 9.57. The standard InChI is InChI=1S/C8H7F2NO2/c1-5(12)6-3-2-4-11(7(6)13)8(9)10/h2-4,8H,1H3. The highest BCUT2D eigenvalue weighted by molar-refractivity contribution is 5.93. The minimum Gasteiger partial charge on any atom is -0.294 e. The van der Waals surface area contributed by atoms with Gasteiger partial charge in [-0.15, -0.1) is 0 Å². The van der Waals surface area contributed by atoms with Gasteiger partial charge in [0.05, 0.1) is 5.56 Å². The molecule has 0 saturated carbocycles. The zero-order chi connectivity index (χ0) is 10.0. The third-order valence-electron chi connectivity index (χ3n) is 1.56. The Morgan fingerprint density at radius 2 is 2.15 bits per heavy atom. The molecule has 0 N–H and O–H groups in total. The van der Waals surface area contributed by atoms with Gasteiger partial charge in [-0.3, -0.25) is 14.2 Å². The Morgan fingerprint density at radius 3 is 2.62 bits per heavy atom. The first-order valence-corrected chi connectivity index (χ1v) is 3.54. The van der Waals surface area contributed by atoms with Crippen LogP contribution in [0.25, 0.3) is 0 Å². The van der Waals surface area contributed by atoms with Crippen LogP contribution in [0.1, 0.15) is 23.8 Å². The van der Waals surface area contributed by atoms with Gasteiger partial charge in [0, 0.05) is 6.20 Å². The second-order valence-corrected chi connectivity index (χ2v) is 2.47. The van der Waals surface area contributed by atoms with E-state index in [4.69, 9.17) is 0 Å². The van der Waals surface area contributed by atoms with E-state index in [1.165, 1.54) is 12.1 Å². The van der Waals surface area contributed by atoms with E-state index in [-0.39, 0.29) is 10.1 Å². The van der Waals surface area contributed by atoms with Crippen LogP contribution in [-0.2, 0) is 0 Å². The SMILES string of the molecule is CC(=O)c1cccn(C(F)F)c1=O. The summed E-state index contributed by atoms with van der Waals surface area (Å²) in [6.45, 7) is -1.75. The Kier molecular flexibility index (Phi) is 2.55. The fourth-order valence-corrected chi connectivity index (χ4v) is 0.932. The quantitative estimate of drug-likeness (QED) is 0.657. The molecule has 70 valence electrons. The van der Waals surface area contributed by atoms with Gasteiger partial charge in [-0.05, 0) is 19.1 Å². The number of rotatable bonds is 2. The maximum atomic E-state index is 12.1. The number of carbonyl (C=O) groups is 1. The molecule has 5 heteroatoms. The fourth-order valence-electron chi connectivity index (χ4n) is 0.932. The molecule has 1 rings (SSSR count). The summed E-state index contributed by atoms with van der Waals surface area (Å²) in [6.07, 6.45) is 0.944. The van der Waals surface area contributed by atoms with Crippen molar-refractivity contribution in [1.29, 1.82) is 0 Å². The van der Waals surface area contributed by atoms with Gasteiger partial charge in [-0.25, -0.2) is 0 Å². The van der Waals surface area contributed by atoms with Crippen LogP contribution in [-0.4, -0.2) is 10.4 Å². The molecule has 0 aliphatic heterocycles. The molecule has 0 amide bonds. The number of aromatic nitrogens is 1. The number of carbonyl (C=O) groups excluding carboxylic acids is 1. The van der Waals surface area contributed by atoms with Crippen LogP contribution in [0, 0.1) is 0 Å². The highest BCUT2D eigenvalue weighted by Gasteiger charge is 2.12. The average Bonchev–Trinajstić information content (AvgIpc) is 2.03. The van der Waals surface area contributed by atoms with E-state index in [9.17, 15) is 18.4 Å². The summed E-state index contributed by atoms with van der Waals surface area (Å²) in [6, 6.07) is 2.47. The smallest absolute Gasteiger partial charge is 0.294 e. The second-order valence-electron chi connectivity index (χ2n) is 2.47. The number of hydrogen-bond acceptors (Lipinski definition) is 2. The van der Waals surface area contributed by atoms with Crippen molar-refractivity contribution in [2.45, 2.75) is 13.5 Å². The van der Waals surface area contributed by atoms with Crippen LogP contribution in [0.2, 0.25) is 0 Å². The Bertz CT molecular complexity index is 384. The van der Waals surface area contributed by atoms with E-state index in [2.05, 4.69) is 0 Å². The van der Waals surface area contributed by atoms with E-state index < -0.39 is 17.9 Å². The van der Waals surface area contributed by atoms with Gasteiger partial charge in [-0.2, -0.15) is 8.78 Å². The monoisotopic (exact) mass is 187 g/mol. The summed E-state index contributed by atoms with van der Waals surface area (Å²) < 4.78 is 24.5. The first-order chi connectivity index (χ1) is 6.04. The van der Waals surface area contributed by atoms with E-state index >= 15 is 0 Å². The number of ketones is 1. The molecule has 1 aromatic rings. The Labute approximate surface area is 72.6 Å². The molecular weight excluding hydrogens is 180 g/mol. The lowest BCUT2D eigenvalue weighted by Gasteiger charge is -2.03. The minimum atomic E-state index is -2.91. The van der Waals surface area contributed by atoms with Crippen molar-refractivity contribution in [3.8, 4) is 0 Å². The predicted octanol–water partition coefficient (Wildman–Crippen LogP) is 1.45. The number of hydrogen-bond donors (Lipinski definition) is 0. The van der Waals surface area contributed by atoms with Crippen molar-refractivity contribution in [2.24, 2.45) is 0 Å². The Hall–Kier alpha value is -1.52. The molecule has 0 spiro atoms. The summed E-state index contributed by atoms with van der Waals surface area (Å²) in [7, 11) is 0. The number of Topliss-reactive ketones (excluding diaryl/α,β-unsaturated/α-hetero) is 1. The third-order valence-corrected chi connectivity index (χ3v) is 1.56. The molecule has 0 aliphatic rings. The molecule has 0 radical (unpaired) electrons. The molecular formula is C8H7F2NO2. The largest absolute Gasteiger partial charge is 0.321 e. The van der Waals surface area contributed by atoms with Crippen LogP contribution in [0.4, 0.5) is 8.78 Å². The number of pyridine rings is 1. The Morgan fingerprint density at radius 1 is 1.54 bits per heavy atom. The average molecular weight is 187 g/mol. The predicted molar refractivity (Wildman–Crippen MR) is 42.0 cm³/mol. The third kappa shape index (κ3) is 1.80. The van der Waals surface area contributed by atoms with Gasteiger partial charge in [0.1, 0.15) is 0 Å². The van der Waals surface area contributed by atoms with E-state index in [0.29, 0.717) is 0 Å². The van der Waals surface area contributed by atoms with Crippen molar-refractivity contribution in [1.82, 2.24) is 4.57 Å². The van der Waals surface area contributed by atoms with Gasteiger partial charge in [-0.1, -0.05) is 0 Å². The van der Waals surface area contributed by atoms with Gasteiger partial charge >= 0.3 is 6.55 Å². The van der Waals surface area contributed by atoms with Gasteiger partial charge in [0.2, 0.25) is 0 Å². The molecule has 0 fully saturated rings. The lowest BCUT2D eigenvalue weighted by atomic mass is 10.2. The molecule has 13 heavy (non-hydrogen) atoms. The van der Waals surface area contributed by atoms with Crippen LogP contribution < -0.4 is 5.56 Å². The van der Waals surface area contributed by atoms with Crippen molar-refractivity contribution >= 4 is 5.78 Å². The van der Waals surface area contributed by atoms with Crippen LogP contribution >= 0.6 is 0 Å². The first-order valence-electron chi connectivity index (χ1n) is 3.54. The topological polar surface area (TPSA) is 39.1 Å². The molecule has 0 aliphatic carbocycles. The molecule has 1 aromatic heterocycles. The summed E-state index contributed by atoms with van der Waals surface area (Å²) in [5, 5.41) is 0. The van der Waals surface area contributed by atoms with Crippen LogP contribution in [0.15, 0.2) is 23.1 Å². The zero-order valence-corrected chi connectivity index (χ0v) is 6.83. The van der Waals surface area contributed by atoms with E-state index in [0.717, 1.165) is 13.1 Å². The van der Waals surface area contributed by atoms with Crippen LogP contribution in [0.3, 0.4) is 0 Å². The van der Waals surface area contributed by atoms with Crippen molar-refractivity contribution in [3.63, 3.8) is 0 Å². The molecule has 3 nitrogen and oxygen atoms in total. The summed E-state index contributed by atoms with van der Waals surface area (Å²) in [5.74, 6) is -0.514. The maximum absolute atomic E-state index is 12.1. The minimum absolute atomic E-state index is 0.219. The molecule has 0 saturated heterocycles. The molecule has 0 atom stereocenters. The summed E-state index contributed by atoms with van der Waals surface area (Å²) in [4.78, 5) is 21.9. The van der Waals surface area contributed by atoms with Crippen molar-refractivity contribution in [2.75, 3.05) is 0 Å². The lowest BCUT2D eigenvalue weighted by molar-refractivity contribution is 0.0659. The molecule has 0 unspecified atom stereocenters. The van der Waals surface area contributed by atoms with E-state index in [1.54, 1.807) is 0 Å². The summed E-state index contributed by atoms with van der Waals surface area (Å²) >= 11 is 0. The number of halogens is 2. The zero-order valence-electron chi connectivity index (χ0n) is 6.83. The number of alkyl halides is 2. The van der Waals surface area contributed by atoms with Crippen molar-refractivity contribution in [3.05, 3.63) is 34.2 Å². The summed E-state index contributed by atoms with van der Waals surface area (Å²) in [5.41, 5.74) is -1.17. The van der Waals surface area contributed by atoms with E-state index in [1.807, 2.05) is 0 Å². The molecule has 0 aromatic carbocycles. The van der Waals surface area contributed by atoms with Gasteiger partial charge in [0.15, 0.2) is 5.78 Å². The fraction of sp³-hybridized carbons (Fsp3) is 0.250. The van der Waals surface area contributed by atoms with Crippen LogP contribution in [0.5, 0.6) is 0 Å². The highest BCUT2D eigenvalue weighted by atomic mass is 19.3.